The van der Waals surface area contributed by atoms with Gasteiger partial charge in [-0.15, -0.1) is 0 Å². The molecule has 3 aromatic rings. The number of amides is 1. The molecule has 6 heteroatoms. The maximum absolute atomic E-state index is 12.6. The fourth-order valence-electron chi connectivity index (χ4n) is 3.14. The Bertz CT molecular complexity index is 1070. The second kappa shape index (κ2) is 8.03. The largest absolute Gasteiger partial charge is 0.481 e. The van der Waals surface area contributed by atoms with Crippen LogP contribution in [0.1, 0.15) is 53.1 Å². The van der Waals surface area contributed by atoms with Gasteiger partial charge in [-0.3, -0.25) is 14.2 Å². The zero-order valence-electron chi connectivity index (χ0n) is 17.8. The molecule has 5 nitrogen and oxygen atoms in total. The number of carbonyl (C=O) groups is 1. The fourth-order valence-corrected chi connectivity index (χ4v) is 4.19. The van der Waals surface area contributed by atoms with E-state index in [-0.39, 0.29) is 22.2 Å². The number of hydrogen-bond donors (Lipinski definition) is 1. The second-order valence-electron chi connectivity index (χ2n) is 8.54. The number of fused-ring (bicyclic) bond motifs is 1. The van der Waals surface area contributed by atoms with Crippen molar-refractivity contribution in [3.05, 3.63) is 57.7 Å². The molecule has 0 aliphatic heterocycles. The summed E-state index contributed by atoms with van der Waals surface area (Å²) in [5.41, 5.74) is 2.82. The summed E-state index contributed by atoms with van der Waals surface area (Å²) in [5, 5.41) is 2.88. The second-order valence-corrected chi connectivity index (χ2v) is 9.53. The maximum Gasteiger partial charge on any atom is 0.308 e. The lowest BCUT2D eigenvalue weighted by molar-refractivity contribution is -0.122. The summed E-state index contributed by atoms with van der Waals surface area (Å²) in [4.78, 5) is 24.8. The first kappa shape index (κ1) is 21.1. The van der Waals surface area contributed by atoms with Gasteiger partial charge in [-0.1, -0.05) is 44.2 Å². The van der Waals surface area contributed by atoms with Gasteiger partial charge in [-0.2, -0.15) is 0 Å². The number of thiazole rings is 1. The topological polar surface area (TPSA) is 60.3 Å². The van der Waals surface area contributed by atoms with E-state index in [1.54, 1.807) is 11.5 Å². The zero-order chi connectivity index (χ0) is 21.3. The van der Waals surface area contributed by atoms with Crippen LogP contribution in [0.25, 0.3) is 10.2 Å². The summed E-state index contributed by atoms with van der Waals surface area (Å²) < 4.78 is 8.41. The monoisotopic (exact) mass is 412 g/mol. The molecule has 0 saturated heterocycles. The molecule has 1 N–H and O–H groups in total. The van der Waals surface area contributed by atoms with Gasteiger partial charge in [0.1, 0.15) is 5.75 Å². The molecular weight excluding hydrogens is 384 g/mol. The number of benzene rings is 2. The van der Waals surface area contributed by atoms with Crippen LogP contribution in [0.2, 0.25) is 0 Å². The quantitative estimate of drug-likeness (QED) is 0.615. The molecule has 0 aliphatic rings. The SMILES string of the molecule is CC(C)n1c(=O)sc2cc(NC(=O)[C@@H](C)Oc3ccc(C(C)(C)C)cc3)ccc21. The predicted molar refractivity (Wildman–Crippen MR) is 120 cm³/mol. The zero-order valence-corrected chi connectivity index (χ0v) is 18.6. The van der Waals surface area contributed by atoms with E-state index in [2.05, 4.69) is 26.1 Å². The molecule has 1 heterocycles. The third-order valence-corrected chi connectivity index (χ3v) is 5.72. The van der Waals surface area contributed by atoms with Gasteiger partial charge in [0.15, 0.2) is 6.10 Å². The molecule has 2 aromatic carbocycles. The van der Waals surface area contributed by atoms with E-state index in [1.165, 1.54) is 16.9 Å². The van der Waals surface area contributed by atoms with Crippen LogP contribution >= 0.6 is 11.3 Å². The van der Waals surface area contributed by atoms with Crippen LogP contribution in [0.5, 0.6) is 5.75 Å². The Morgan fingerprint density at radius 1 is 1.07 bits per heavy atom. The van der Waals surface area contributed by atoms with E-state index in [1.807, 2.05) is 56.3 Å². The van der Waals surface area contributed by atoms with Crippen LogP contribution in [0.4, 0.5) is 5.69 Å². The Kier molecular flexibility index (Phi) is 5.85. The lowest BCUT2D eigenvalue weighted by Crippen LogP contribution is -2.30. The molecular formula is C23H28N2O3S. The third-order valence-electron chi connectivity index (χ3n) is 4.80. The van der Waals surface area contributed by atoms with Crippen LogP contribution in [0.15, 0.2) is 47.3 Å². The van der Waals surface area contributed by atoms with Gasteiger partial charge in [-0.05, 0) is 62.1 Å². The lowest BCUT2D eigenvalue weighted by atomic mass is 9.87. The summed E-state index contributed by atoms with van der Waals surface area (Å²) in [6, 6.07) is 13.4. The van der Waals surface area contributed by atoms with E-state index in [0.717, 1.165) is 10.2 Å². The number of aromatic nitrogens is 1. The van der Waals surface area contributed by atoms with Crippen molar-refractivity contribution in [1.29, 1.82) is 0 Å². The van der Waals surface area contributed by atoms with Crippen LogP contribution < -0.4 is 14.9 Å². The molecule has 0 radical (unpaired) electrons. The average molecular weight is 413 g/mol. The van der Waals surface area contributed by atoms with E-state index in [0.29, 0.717) is 11.4 Å². The highest BCUT2D eigenvalue weighted by Gasteiger charge is 2.18. The Morgan fingerprint density at radius 2 is 1.72 bits per heavy atom. The van der Waals surface area contributed by atoms with Gasteiger partial charge in [0.25, 0.3) is 5.91 Å². The standard InChI is InChI=1S/C23H28N2O3S/c1-14(2)25-19-12-9-17(13-20(19)29-22(25)27)24-21(26)15(3)28-18-10-7-16(8-11-18)23(4,5)6/h7-15H,1-6H3,(H,24,26)/t15-/m1/s1. The van der Waals surface area contributed by atoms with Gasteiger partial charge in [0, 0.05) is 11.7 Å². The van der Waals surface area contributed by atoms with Crippen molar-refractivity contribution in [1.82, 2.24) is 4.57 Å². The number of rotatable bonds is 5. The highest BCUT2D eigenvalue weighted by molar-refractivity contribution is 7.16. The van der Waals surface area contributed by atoms with Crippen molar-refractivity contribution in [2.45, 2.75) is 59.1 Å². The molecule has 1 amide bonds. The first-order chi connectivity index (χ1) is 13.6. The predicted octanol–water partition coefficient (Wildman–Crippen LogP) is 5.35. The smallest absolute Gasteiger partial charge is 0.308 e. The highest BCUT2D eigenvalue weighted by atomic mass is 32.1. The Balaban J connectivity index is 1.70. The molecule has 29 heavy (non-hydrogen) atoms. The molecule has 0 bridgehead atoms. The van der Waals surface area contributed by atoms with Crippen molar-refractivity contribution in [3.63, 3.8) is 0 Å². The summed E-state index contributed by atoms with van der Waals surface area (Å²) in [7, 11) is 0. The molecule has 154 valence electrons. The van der Waals surface area contributed by atoms with E-state index in [4.69, 9.17) is 4.74 Å². The number of hydrogen-bond acceptors (Lipinski definition) is 4. The summed E-state index contributed by atoms with van der Waals surface area (Å²) in [5.74, 6) is 0.420. The van der Waals surface area contributed by atoms with Crippen LogP contribution in [0.3, 0.4) is 0 Å². The number of ether oxygens (including phenoxy) is 1. The Morgan fingerprint density at radius 3 is 2.31 bits per heavy atom. The van der Waals surface area contributed by atoms with Crippen LogP contribution in [-0.4, -0.2) is 16.6 Å². The summed E-state index contributed by atoms with van der Waals surface area (Å²) in [6.07, 6.45) is -0.648. The summed E-state index contributed by atoms with van der Waals surface area (Å²) >= 11 is 1.19. The molecule has 0 saturated carbocycles. The van der Waals surface area contributed by atoms with Crippen molar-refractivity contribution >= 4 is 33.1 Å². The average Bonchev–Trinajstić information content (AvgIpc) is 2.96. The minimum absolute atomic E-state index is 0.00822. The van der Waals surface area contributed by atoms with Crippen molar-refractivity contribution in [3.8, 4) is 5.75 Å². The molecule has 0 aliphatic carbocycles. The normalized spacial score (nSPS) is 12.9. The van der Waals surface area contributed by atoms with E-state index < -0.39 is 6.10 Å². The minimum Gasteiger partial charge on any atom is -0.481 e. The lowest BCUT2D eigenvalue weighted by Gasteiger charge is -2.20. The molecule has 0 unspecified atom stereocenters. The first-order valence-corrected chi connectivity index (χ1v) is 10.6. The highest BCUT2D eigenvalue weighted by Crippen LogP contribution is 2.26. The van der Waals surface area contributed by atoms with Gasteiger partial charge in [0.2, 0.25) is 0 Å². The number of anilines is 1. The van der Waals surface area contributed by atoms with Crippen molar-refractivity contribution in [2.75, 3.05) is 5.32 Å². The Labute approximate surface area is 175 Å². The maximum atomic E-state index is 12.6. The van der Waals surface area contributed by atoms with Crippen LogP contribution in [-0.2, 0) is 10.2 Å². The van der Waals surface area contributed by atoms with E-state index >= 15 is 0 Å². The van der Waals surface area contributed by atoms with Gasteiger partial charge in [-0.25, -0.2) is 0 Å². The van der Waals surface area contributed by atoms with Crippen molar-refractivity contribution < 1.29 is 9.53 Å². The van der Waals surface area contributed by atoms with Gasteiger partial charge in [0.05, 0.1) is 10.2 Å². The number of nitrogens with zero attached hydrogens (tertiary/aromatic N) is 1. The van der Waals surface area contributed by atoms with Gasteiger partial charge >= 0.3 is 4.87 Å². The van der Waals surface area contributed by atoms with Gasteiger partial charge < -0.3 is 10.1 Å². The molecule has 3 rings (SSSR count). The van der Waals surface area contributed by atoms with Crippen molar-refractivity contribution in [2.24, 2.45) is 0 Å². The minimum atomic E-state index is -0.648. The first-order valence-electron chi connectivity index (χ1n) is 9.79. The summed E-state index contributed by atoms with van der Waals surface area (Å²) in [6.45, 7) is 12.1. The number of carbonyl (C=O) groups excluding carboxylic acids is 1. The third kappa shape index (κ3) is 4.70. The van der Waals surface area contributed by atoms with E-state index in [9.17, 15) is 9.59 Å². The number of nitrogens with one attached hydrogen (secondary N) is 1. The molecule has 1 aromatic heterocycles. The molecule has 0 fully saturated rings. The fraction of sp³-hybridized carbons (Fsp3) is 0.391. The molecule has 0 spiro atoms. The van der Waals surface area contributed by atoms with Crippen LogP contribution in [0, 0.1) is 0 Å². The Hall–Kier alpha value is -2.60. The molecule has 1 atom stereocenters.